The molecule has 0 amide bonds. The average Bonchev–Trinajstić information content (AvgIpc) is 3.80. The Morgan fingerprint density at radius 1 is 0.418 bits per heavy atom. The van der Waals surface area contributed by atoms with Crippen molar-refractivity contribution in [3.63, 3.8) is 0 Å². The van der Waals surface area contributed by atoms with Gasteiger partial charge in [0.2, 0.25) is 0 Å². The van der Waals surface area contributed by atoms with Crippen molar-refractivity contribution >= 4 is 59.3 Å². The number of anilines is 3. The minimum atomic E-state index is -0.545. The first-order valence-electron chi connectivity index (χ1n) is 18.9. The molecular formula is C53H35NS. The van der Waals surface area contributed by atoms with Gasteiger partial charge in [-0.1, -0.05) is 182 Å². The van der Waals surface area contributed by atoms with E-state index < -0.39 is 5.41 Å². The molecule has 2 heteroatoms. The maximum atomic E-state index is 2.54. The van der Waals surface area contributed by atoms with E-state index in [-0.39, 0.29) is 0 Å². The molecule has 0 radical (unpaired) electrons. The third kappa shape index (κ3) is 4.78. The number of hydrogen-bond acceptors (Lipinski definition) is 2. The SMILES string of the molecule is c1ccc(-c2ccc(N(c3cc4ccccc4c4c3-c3ccccc3C4(c3ccccc3)c3ccccc3)c3cccc4c3sc3ccccc34)cc2)cc1. The Kier molecular flexibility index (Phi) is 7.33. The molecule has 11 rings (SSSR count). The lowest BCUT2D eigenvalue weighted by molar-refractivity contribution is 0.775. The van der Waals surface area contributed by atoms with Crippen molar-refractivity contribution in [2.75, 3.05) is 4.90 Å². The average molecular weight is 718 g/mol. The monoisotopic (exact) mass is 717 g/mol. The molecule has 1 heterocycles. The van der Waals surface area contributed by atoms with Crippen molar-refractivity contribution in [1.29, 1.82) is 0 Å². The van der Waals surface area contributed by atoms with Crippen LogP contribution in [0.2, 0.25) is 0 Å². The van der Waals surface area contributed by atoms with E-state index in [9.17, 15) is 0 Å². The largest absolute Gasteiger partial charge is 0.308 e. The Bertz CT molecular complexity index is 2980. The van der Waals surface area contributed by atoms with E-state index in [0.717, 1.165) is 5.69 Å². The Labute approximate surface area is 325 Å². The minimum Gasteiger partial charge on any atom is -0.308 e. The first-order chi connectivity index (χ1) is 27.3. The van der Waals surface area contributed by atoms with Crippen LogP contribution in [-0.4, -0.2) is 0 Å². The van der Waals surface area contributed by atoms with Gasteiger partial charge in [0.05, 0.1) is 21.5 Å². The van der Waals surface area contributed by atoms with Gasteiger partial charge in [0.25, 0.3) is 0 Å². The maximum Gasteiger partial charge on any atom is 0.0720 e. The van der Waals surface area contributed by atoms with Gasteiger partial charge in [0, 0.05) is 26.7 Å². The first-order valence-corrected chi connectivity index (χ1v) is 19.8. The van der Waals surface area contributed by atoms with Gasteiger partial charge in [0.1, 0.15) is 0 Å². The molecule has 0 N–H and O–H groups in total. The maximum absolute atomic E-state index is 2.54. The highest BCUT2D eigenvalue weighted by molar-refractivity contribution is 7.26. The smallest absolute Gasteiger partial charge is 0.0720 e. The second-order valence-electron chi connectivity index (χ2n) is 14.4. The molecule has 10 aromatic rings. The number of thiophene rings is 1. The Morgan fingerprint density at radius 3 is 1.75 bits per heavy atom. The van der Waals surface area contributed by atoms with Gasteiger partial charge in [-0.05, 0) is 80.0 Å². The lowest BCUT2D eigenvalue weighted by Gasteiger charge is -2.35. The van der Waals surface area contributed by atoms with Crippen molar-refractivity contribution in [1.82, 2.24) is 0 Å². The van der Waals surface area contributed by atoms with Crippen LogP contribution in [0.25, 0.3) is 53.2 Å². The van der Waals surface area contributed by atoms with Crippen LogP contribution in [0.1, 0.15) is 22.3 Å². The van der Waals surface area contributed by atoms with Crippen LogP contribution in [0, 0.1) is 0 Å². The number of benzene rings is 9. The Morgan fingerprint density at radius 2 is 1.00 bits per heavy atom. The highest BCUT2D eigenvalue weighted by Crippen LogP contribution is 2.62. The number of nitrogens with zero attached hydrogens (tertiary/aromatic N) is 1. The molecule has 258 valence electrons. The summed E-state index contributed by atoms with van der Waals surface area (Å²) in [5.74, 6) is 0. The van der Waals surface area contributed by atoms with Gasteiger partial charge >= 0.3 is 0 Å². The van der Waals surface area contributed by atoms with E-state index in [1.54, 1.807) is 0 Å². The van der Waals surface area contributed by atoms with Crippen LogP contribution in [0.5, 0.6) is 0 Å². The summed E-state index contributed by atoms with van der Waals surface area (Å²) in [6.07, 6.45) is 0. The third-order valence-corrected chi connectivity index (χ3v) is 12.7. The number of fused-ring (bicyclic) bond motifs is 8. The molecule has 1 nitrogen and oxygen atoms in total. The molecule has 0 spiro atoms. The summed E-state index contributed by atoms with van der Waals surface area (Å²) in [7, 11) is 0. The minimum absolute atomic E-state index is 0.545. The van der Waals surface area contributed by atoms with Crippen molar-refractivity contribution < 1.29 is 0 Å². The van der Waals surface area contributed by atoms with Crippen molar-refractivity contribution in [2.45, 2.75) is 5.41 Å². The van der Waals surface area contributed by atoms with Gasteiger partial charge in [-0.3, -0.25) is 0 Å². The van der Waals surface area contributed by atoms with E-state index in [2.05, 4.69) is 217 Å². The van der Waals surface area contributed by atoms with Crippen LogP contribution >= 0.6 is 11.3 Å². The molecule has 0 saturated heterocycles. The molecule has 55 heavy (non-hydrogen) atoms. The van der Waals surface area contributed by atoms with E-state index in [1.165, 1.54) is 86.8 Å². The highest BCUT2D eigenvalue weighted by atomic mass is 32.1. The van der Waals surface area contributed by atoms with E-state index in [0.29, 0.717) is 0 Å². The van der Waals surface area contributed by atoms with E-state index in [1.807, 2.05) is 11.3 Å². The summed E-state index contributed by atoms with van der Waals surface area (Å²) in [6, 6.07) is 78.3. The topological polar surface area (TPSA) is 3.24 Å². The third-order valence-electron chi connectivity index (χ3n) is 11.5. The normalized spacial score (nSPS) is 12.9. The summed E-state index contributed by atoms with van der Waals surface area (Å²) in [6.45, 7) is 0. The molecular weight excluding hydrogens is 683 g/mol. The summed E-state index contributed by atoms with van der Waals surface area (Å²) in [5, 5.41) is 5.06. The molecule has 1 aromatic heterocycles. The Balaban J connectivity index is 1.29. The molecule has 0 unspecified atom stereocenters. The molecule has 0 fully saturated rings. The zero-order valence-corrected chi connectivity index (χ0v) is 30.9. The van der Waals surface area contributed by atoms with Crippen LogP contribution in [-0.2, 0) is 5.41 Å². The molecule has 0 aliphatic heterocycles. The lowest BCUT2D eigenvalue weighted by atomic mass is 9.66. The standard InChI is InChI=1S/C53H35NS/c1-4-17-36(18-5-1)37-31-33-41(34-32-37)54(47-29-16-27-44-43-25-13-15-30-49(43)55-52(44)47)48-35-38-19-10-11-24-42(38)51-50(48)45-26-12-14-28-46(45)53(51,39-20-6-2-7-21-39)40-22-8-3-9-23-40/h1-35H. The fourth-order valence-corrected chi connectivity index (χ4v) is 10.4. The van der Waals surface area contributed by atoms with Crippen molar-refractivity contribution in [3.8, 4) is 22.3 Å². The number of rotatable bonds is 6. The predicted molar refractivity (Wildman–Crippen MR) is 234 cm³/mol. The summed E-state index contributed by atoms with van der Waals surface area (Å²) < 4.78 is 2.58. The van der Waals surface area contributed by atoms with E-state index >= 15 is 0 Å². The van der Waals surface area contributed by atoms with Crippen LogP contribution < -0.4 is 4.90 Å². The van der Waals surface area contributed by atoms with E-state index in [4.69, 9.17) is 0 Å². The van der Waals surface area contributed by atoms with Crippen LogP contribution in [0.4, 0.5) is 17.1 Å². The first kappa shape index (κ1) is 31.8. The van der Waals surface area contributed by atoms with Gasteiger partial charge in [0.15, 0.2) is 0 Å². The molecule has 1 aliphatic rings. The second kappa shape index (κ2) is 12.7. The zero-order chi connectivity index (χ0) is 36.3. The number of hydrogen-bond donors (Lipinski definition) is 0. The summed E-state index contributed by atoms with van der Waals surface area (Å²) in [4.78, 5) is 2.54. The quantitative estimate of drug-likeness (QED) is 0.166. The van der Waals surface area contributed by atoms with Crippen LogP contribution in [0.15, 0.2) is 212 Å². The second-order valence-corrected chi connectivity index (χ2v) is 15.4. The summed E-state index contributed by atoms with van der Waals surface area (Å²) >= 11 is 1.88. The zero-order valence-electron chi connectivity index (χ0n) is 30.1. The molecule has 1 aliphatic carbocycles. The predicted octanol–water partition coefficient (Wildman–Crippen LogP) is 14.7. The fraction of sp³-hybridized carbons (Fsp3) is 0.0189. The van der Waals surface area contributed by atoms with Gasteiger partial charge in [-0.25, -0.2) is 0 Å². The Hall–Kier alpha value is -6.74. The highest BCUT2D eigenvalue weighted by Gasteiger charge is 2.48. The van der Waals surface area contributed by atoms with Crippen molar-refractivity contribution in [3.05, 3.63) is 235 Å². The molecule has 0 bridgehead atoms. The molecule has 0 saturated carbocycles. The molecule has 0 atom stereocenters. The summed E-state index contributed by atoms with van der Waals surface area (Å²) in [5.41, 5.74) is 13.0. The molecule has 9 aromatic carbocycles. The van der Waals surface area contributed by atoms with Gasteiger partial charge < -0.3 is 4.90 Å². The van der Waals surface area contributed by atoms with Gasteiger partial charge in [-0.15, -0.1) is 11.3 Å². The lowest BCUT2D eigenvalue weighted by Crippen LogP contribution is -2.29. The fourth-order valence-electron chi connectivity index (χ4n) is 9.23. The van der Waals surface area contributed by atoms with Crippen molar-refractivity contribution in [2.24, 2.45) is 0 Å². The van der Waals surface area contributed by atoms with Gasteiger partial charge in [-0.2, -0.15) is 0 Å². The van der Waals surface area contributed by atoms with Crippen LogP contribution in [0.3, 0.4) is 0 Å².